The molecule has 27 heavy (non-hydrogen) atoms. The largest absolute Gasteiger partial charge is 0.507 e. The highest BCUT2D eigenvalue weighted by molar-refractivity contribution is 6.37. The van der Waals surface area contributed by atoms with Crippen LogP contribution in [0.3, 0.4) is 0 Å². The highest BCUT2D eigenvalue weighted by atomic mass is 35.5. The van der Waals surface area contributed by atoms with Gasteiger partial charge >= 0.3 is 0 Å². The Balaban J connectivity index is 2.54. The number of ketones is 1. The Kier molecular flexibility index (Phi) is 6.13. The van der Waals surface area contributed by atoms with Gasteiger partial charge in [0.25, 0.3) is 0 Å². The van der Waals surface area contributed by atoms with E-state index >= 15 is 0 Å². The maximum Gasteiger partial charge on any atom is 0.185 e. The van der Waals surface area contributed by atoms with Crippen LogP contribution in [0.15, 0.2) is 36.4 Å². The van der Waals surface area contributed by atoms with Gasteiger partial charge in [-0.25, -0.2) is 0 Å². The van der Waals surface area contributed by atoms with Crippen LogP contribution in [-0.2, 0) is 10.8 Å². The molecular formula is C23H26Cl2O2. The van der Waals surface area contributed by atoms with E-state index in [0.29, 0.717) is 21.2 Å². The standard InChI is InChI=1S/C23H26Cl2O2/c1-22(2,3)16-12-14(13-17(21(16)27)23(4,5)6)20(26)11-10-15-18(24)8-7-9-19(15)25/h7-13,27H,1-6H3. The molecule has 0 unspecified atom stereocenters. The van der Waals surface area contributed by atoms with Crippen LogP contribution in [0.25, 0.3) is 6.08 Å². The van der Waals surface area contributed by atoms with Crippen LogP contribution >= 0.6 is 23.2 Å². The molecule has 2 nitrogen and oxygen atoms in total. The van der Waals surface area contributed by atoms with Gasteiger partial charge in [-0.2, -0.15) is 0 Å². The third-order valence-electron chi connectivity index (χ3n) is 4.41. The van der Waals surface area contributed by atoms with E-state index in [-0.39, 0.29) is 22.4 Å². The molecule has 0 spiro atoms. The zero-order chi connectivity index (χ0) is 20.6. The van der Waals surface area contributed by atoms with E-state index in [0.717, 1.165) is 11.1 Å². The van der Waals surface area contributed by atoms with Crippen LogP contribution in [0.2, 0.25) is 10.0 Å². The Morgan fingerprint density at radius 1 is 0.926 bits per heavy atom. The molecule has 0 saturated heterocycles. The second-order valence-corrected chi connectivity index (χ2v) is 9.57. The molecule has 0 aliphatic rings. The molecular weight excluding hydrogens is 379 g/mol. The second kappa shape index (κ2) is 7.69. The van der Waals surface area contributed by atoms with Crippen LogP contribution in [-0.4, -0.2) is 10.9 Å². The average molecular weight is 405 g/mol. The fourth-order valence-corrected chi connectivity index (χ4v) is 3.37. The van der Waals surface area contributed by atoms with E-state index in [4.69, 9.17) is 23.2 Å². The Bertz CT molecular complexity index is 842. The minimum Gasteiger partial charge on any atom is -0.507 e. The van der Waals surface area contributed by atoms with E-state index < -0.39 is 0 Å². The molecule has 0 aliphatic carbocycles. The molecule has 0 fully saturated rings. The Labute approximate surface area is 171 Å². The summed E-state index contributed by atoms with van der Waals surface area (Å²) in [5.74, 6) is 0.0895. The third kappa shape index (κ3) is 4.94. The van der Waals surface area contributed by atoms with E-state index in [1.54, 1.807) is 36.4 Å². The number of carbonyl (C=O) groups is 1. The van der Waals surface area contributed by atoms with Crippen LogP contribution in [0.1, 0.15) is 68.6 Å². The lowest BCUT2D eigenvalue weighted by Crippen LogP contribution is -2.18. The number of hydrogen-bond acceptors (Lipinski definition) is 2. The second-order valence-electron chi connectivity index (χ2n) is 8.75. The van der Waals surface area contributed by atoms with Gasteiger partial charge in [-0.15, -0.1) is 0 Å². The molecule has 2 rings (SSSR count). The molecule has 0 aromatic heterocycles. The third-order valence-corrected chi connectivity index (χ3v) is 5.07. The van der Waals surface area contributed by atoms with Crippen molar-refractivity contribution in [1.82, 2.24) is 0 Å². The topological polar surface area (TPSA) is 37.3 Å². The summed E-state index contributed by atoms with van der Waals surface area (Å²) < 4.78 is 0. The lowest BCUT2D eigenvalue weighted by Gasteiger charge is -2.27. The minimum atomic E-state index is -0.296. The normalized spacial score (nSPS) is 12.6. The molecule has 0 atom stereocenters. The smallest absolute Gasteiger partial charge is 0.185 e. The van der Waals surface area contributed by atoms with E-state index in [1.807, 2.05) is 41.5 Å². The highest BCUT2D eigenvalue weighted by Crippen LogP contribution is 2.40. The van der Waals surface area contributed by atoms with Gasteiger partial charge in [-0.1, -0.05) is 70.8 Å². The number of benzene rings is 2. The fourth-order valence-electron chi connectivity index (χ4n) is 2.85. The van der Waals surface area contributed by atoms with Crippen molar-refractivity contribution in [2.45, 2.75) is 52.4 Å². The Morgan fingerprint density at radius 2 is 1.37 bits per heavy atom. The molecule has 144 valence electrons. The molecule has 0 saturated carbocycles. The maximum absolute atomic E-state index is 12.9. The van der Waals surface area contributed by atoms with Crippen molar-refractivity contribution < 1.29 is 9.90 Å². The van der Waals surface area contributed by atoms with E-state index in [2.05, 4.69) is 0 Å². The predicted octanol–water partition coefficient (Wildman–Crippen LogP) is 7.19. The van der Waals surface area contributed by atoms with Crippen molar-refractivity contribution in [3.05, 3.63) is 68.7 Å². The molecule has 0 heterocycles. The Morgan fingerprint density at radius 3 is 1.78 bits per heavy atom. The number of allylic oxidation sites excluding steroid dienone is 1. The summed E-state index contributed by atoms with van der Waals surface area (Å²) in [5, 5.41) is 11.8. The first-order chi connectivity index (χ1) is 12.3. The van der Waals surface area contributed by atoms with Gasteiger partial charge in [0.2, 0.25) is 0 Å². The number of aromatic hydroxyl groups is 1. The van der Waals surface area contributed by atoms with Gasteiger partial charge < -0.3 is 5.11 Å². The van der Waals surface area contributed by atoms with Crippen molar-refractivity contribution in [1.29, 1.82) is 0 Å². The zero-order valence-corrected chi connectivity index (χ0v) is 18.2. The fraction of sp³-hybridized carbons (Fsp3) is 0.348. The summed E-state index contributed by atoms with van der Waals surface area (Å²) in [6, 6.07) is 8.76. The summed E-state index contributed by atoms with van der Waals surface area (Å²) in [6.07, 6.45) is 3.10. The monoisotopic (exact) mass is 404 g/mol. The summed E-state index contributed by atoms with van der Waals surface area (Å²) in [5.41, 5.74) is 2.05. The molecule has 1 N–H and O–H groups in total. The van der Waals surface area contributed by atoms with Gasteiger partial charge in [0, 0.05) is 32.3 Å². The molecule has 4 heteroatoms. The average Bonchev–Trinajstić information content (AvgIpc) is 2.52. The SMILES string of the molecule is CC(C)(C)c1cc(C(=O)C=Cc2c(Cl)cccc2Cl)cc(C(C)(C)C)c1O. The van der Waals surface area contributed by atoms with E-state index in [1.165, 1.54) is 6.08 Å². The number of rotatable bonds is 3. The van der Waals surface area contributed by atoms with Crippen molar-refractivity contribution in [2.75, 3.05) is 0 Å². The maximum atomic E-state index is 12.9. The zero-order valence-electron chi connectivity index (χ0n) is 16.7. The summed E-state index contributed by atoms with van der Waals surface area (Å²) in [4.78, 5) is 12.9. The van der Waals surface area contributed by atoms with Gasteiger partial charge in [0.15, 0.2) is 5.78 Å². The first-order valence-electron chi connectivity index (χ1n) is 8.87. The lowest BCUT2D eigenvalue weighted by molar-refractivity contribution is 0.104. The lowest BCUT2D eigenvalue weighted by atomic mass is 9.78. The van der Waals surface area contributed by atoms with Gasteiger partial charge in [-0.3, -0.25) is 4.79 Å². The number of phenols is 1. The summed E-state index contributed by atoms with van der Waals surface area (Å²) in [7, 11) is 0. The van der Waals surface area contributed by atoms with Crippen molar-refractivity contribution in [2.24, 2.45) is 0 Å². The quantitative estimate of drug-likeness (QED) is 0.433. The minimum absolute atomic E-state index is 0.165. The summed E-state index contributed by atoms with van der Waals surface area (Å²) in [6.45, 7) is 12.1. The first-order valence-corrected chi connectivity index (χ1v) is 9.62. The molecule has 0 bridgehead atoms. The van der Waals surface area contributed by atoms with Crippen LogP contribution in [0, 0.1) is 0 Å². The molecule has 0 aliphatic heterocycles. The highest BCUT2D eigenvalue weighted by Gasteiger charge is 2.27. The number of phenolic OH excluding ortho intramolecular Hbond substituents is 1. The van der Waals surface area contributed by atoms with Gasteiger partial charge in [0.05, 0.1) is 0 Å². The number of carbonyl (C=O) groups excluding carboxylic acids is 1. The van der Waals surface area contributed by atoms with Crippen molar-refractivity contribution >= 4 is 35.1 Å². The van der Waals surface area contributed by atoms with Crippen LogP contribution in [0.4, 0.5) is 0 Å². The van der Waals surface area contributed by atoms with Crippen molar-refractivity contribution in [3.63, 3.8) is 0 Å². The number of hydrogen-bond donors (Lipinski definition) is 1. The molecule has 2 aromatic carbocycles. The van der Waals surface area contributed by atoms with Crippen LogP contribution in [0.5, 0.6) is 5.75 Å². The van der Waals surface area contributed by atoms with Crippen LogP contribution < -0.4 is 0 Å². The molecule has 2 aromatic rings. The van der Waals surface area contributed by atoms with Gasteiger partial charge in [-0.05, 0) is 47.2 Å². The van der Waals surface area contributed by atoms with Crippen molar-refractivity contribution in [3.8, 4) is 5.75 Å². The summed E-state index contributed by atoms with van der Waals surface area (Å²) >= 11 is 12.3. The van der Waals surface area contributed by atoms with E-state index in [9.17, 15) is 9.90 Å². The number of halogens is 2. The first kappa shape index (κ1) is 21.5. The molecule has 0 radical (unpaired) electrons. The van der Waals surface area contributed by atoms with Gasteiger partial charge in [0.1, 0.15) is 5.75 Å². The predicted molar refractivity (Wildman–Crippen MR) is 115 cm³/mol. The molecule has 0 amide bonds. The Hall–Kier alpha value is -1.77.